The summed E-state index contributed by atoms with van der Waals surface area (Å²) >= 11 is 7.03. The third kappa shape index (κ3) is 6.88. The number of hydrogen-bond donors (Lipinski definition) is 3. The lowest BCUT2D eigenvalue weighted by molar-refractivity contribution is -0.140. The van der Waals surface area contributed by atoms with Crippen LogP contribution in [0.5, 0.6) is 0 Å². The number of anilines is 1. The largest absolute Gasteiger partial charge is 0.435 e. The zero-order valence-electron chi connectivity index (χ0n) is 19.3. The third-order valence-corrected chi connectivity index (χ3v) is 7.83. The first-order valence-corrected chi connectivity index (χ1v) is 13.0. The Morgan fingerprint density at radius 2 is 1.91 bits per heavy atom. The fourth-order valence-electron chi connectivity index (χ4n) is 4.36. The van der Waals surface area contributed by atoms with Gasteiger partial charge in [-0.2, -0.15) is 13.2 Å². The van der Waals surface area contributed by atoms with Gasteiger partial charge in [0.05, 0.1) is 21.6 Å². The lowest BCUT2D eigenvalue weighted by Crippen LogP contribution is -2.48. The molecule has 35 heavy (non-hydrogen) atoms. The number of amides is 2. The van der Waals surface area contributed by atoms with E-state index in [1.807, 2.05) is 0 Å². The Hall–Kier alpha value is -2.33. The van der Waals surface area contributed by atoms with E-state index < -0.39 is 24.0 Å². The number of hydrogen-bond acceptors (Lipinski definition) is 5. The Bertz CT molecular complexity index is 1070. The molecule has 0 aliphatic heterocycles. The molecule has 2 fully saturated rings. The van der Waals surface area contributed by atoms with Crippen molar-refractivity contribution in [3.05, 3.63) is 44.9 Å². The molecular weight excluding hydrogens is 501 g/mol. The molecule has 2 saturated carbocycles. The molecule has 2 atom stereocenters. The van der Waals surface area contributed by atoms with Gasteiger partial charge in [-0.1, -0.05) is 37.3 Å². The van der Waals surface area contributed by atoms with E-state index in [0.29, 0.717) is 22.1 Å². The second-order valence-corrected chi connectivity index (χ2v) is 10.9. The molecule has 0 unspecified atom stereocenters. The molecule has 11 heteroatoms. The maximum absolute atomic E-state index is 13.3. The van der Waals surface area contributed by atoms with Crippen LogP contribution in [-0.2, 0) is 11.0 Å². The molecule has 2 aliphatic rings. The molecule has 2 amide bonds. The van der Waals surface area contributed by atoms with Crippen LogP contribution in [0.4, 0.5) is 18.9 Å². The highest BCUT2D eigenvalue weighted by molar-refractivity contribution is 7.14. The van der Waals surface area contributed by atoms with Gasteiger partial charge >= 0.3 is 6.18 Å². The monoisotopic (exact) mass is 528 g/mol. The van der Waals surface area contributed by atoms with Crippen molar-refractivity contribution in [2.45, 2.75) is 76.2 Å². The number of halogens is 4. The minimum absolute atomic E-state index is 0.0803. The van der Waals surface area contributed by atoms with Crippen LogP contribution in [0.25, 0.3) is 0 Å². The molecule has 2 aromatic heterocycles. The van der Waals surface area contributed by atoms with Crippen LogP contribution in [0.3, 0.4) is 0 Å². The van der Waals surface area contributed by atoms with Gasteiger partial charge in [0.25, 0.3) is 5.91 Å². The second kappa shape index (κ2) is 10.7. The van der Waals surface area contributed by atoms with Gasteiger partial charge in [-0.05, 0) is 50.3 Å². The van der Waals surface area contributed by atoms with E-state index in [4.69, 9.17) is 11.6 Å². The van der Waals surface area contributed by atoms with Crippen molar-refractivity contribution in [3.63, 3.8) is 0 Å². The number of thiophene rings is 1. The first kappa shape index (κ1) is 25.8. The Kier molecular flexibility index (Phi) is 7.90. The molecular formula is C24H28ClF3N4O2S. The van der Waals surface area contributed by atoms with Crippen molar-refractivity contribution in [2.24, 2.45) is 5.92 Å². The summed E-state index contributed by atoms with van der Waals surface area (Å²) in [6, 6.07) is 3.57. The summed E-state index contributed by atoms with van der Waals surface area (Å²) < 4.78 is 40.0. The number of rotatable bonds is 9. The smallest absolute Gasteiger partial charge is 0.376 e. The van der Waals surface area contributed by atoms with Crippen molar-refractivity contribution in [2.75, 3.05) is 5.32 Å². The predicted molar refractivity (Wildman–Crippen MR) is 130 cm³/mol. The Labute approximate surface area is 211 Å². The fourth-order valence-corrected chi connectivity index (χ4v) is 5.43. The summed E-state index contributed by atoms with van der Waals surface area (Å²) in [5, 5.41) is 8.77. The average Bonchev–Trinajstić information content (AvgIpc) is 3.24. The van der Waals surface area contributed by atoms with Crippen molar-refractivity contribution >= 4 is 40.4 Å². The van der Waals surface area contributed by atoms with Gasteiger partial charge in [-0.3, -0.25) is 9.59 Å². The first-order chi connectivity index (χ1) is 16.6. The predicted octanol–water partition coefficient (Wildman–Crippen LogP) is 5.95. The Morgan fingerprint density at radius 3 is 2.57 bits per heavy atom. The van der Waals surface area contributed by atoms with Crippen LogP contribution in [0.2, 0.25) is 5.02 Å². The van der Waals surface area contributed by atoms with Gasteiger partial charge in [-0.15, -0.1) is 11.3 Å². The van der Waals surface area contributed by atoms with Crippen molar-refractivity contribution < 1.29 is 22.8 Å². The molecule has 3 N–H and O–H groups in total. The average molecular weight is 529 g/mol. The highest BCUT2D eigenvalue weighted by Gasteiger charge is 2.36. The van der Waals surface area contributed by atoms with Gasteiger partial charge < -0.3 is 16.0 Å². The number of aromatic nitrogens is 1. The van der Waals surface area contributed by atoms with Gasteiger partial charge in [0.15, 0.2) is 5.69 Å². The minimum atomic E-state index is -4.64. The normalized spacial score (nSPS) is 18.2. The number of nitrogens with zero attached hydrogens (tertiary/aromatic N) is 1. The number of pyridine rings is 1. The Balaban J connectivity index is 1.43. The number of carbonyl (C=O) groups is 2. The molecule has 0 bridgehead atoms. The lowest BCUT2D eigenvalue weighted by atomic mass is 9.97. The standard InChI is InChI=1S/C24H28ClF3N4O2S/c1-13(30-17-11-15(25)12-29-21(17)24(26,27)28)19-8-9-20(35-19)23(34)32-18(10-14-4-2-3-5-14)22(33)31-16-6-7-16/h8-9,11-14,16,18,30H,2-7,10H2,1H3,(H,31,33)(H,32,34)/t13-,18+/m1/s1. The van der Waals surface area contributed by atoms with Crippen LogP contribution < -0.4 is 16.0 Å². The molecule has 190 valence electrons. The first-order valence-electron chi connectivity index (χ1n) is 11.8. The van der Waals surface area contributed by atoms with Crippen LogP contribution in [0.1, 0.15) is 78.2 Å². The SMILES string of the molecule is C[C@@H](Nc1cc(Cl)cnc1C(F)(F)F)c1ccc(C(=O)N[C@@H](CC2CCCC2)C(=O)NC2CC2)s1. The molecule has 6 nitrogen and oxygen atoms in total. The lowest BCUT2D eigenvalue weighted by Gasteiger charge is -2.21. The van der Waals surface area contributed by atoms with E-state index in [1.54, 1.807) is 19.1 Å². The summed E-state index contributed by atoms with van der Waals surface area (Å²) in [6.45, 7) is 1.69. The van der Waals surface area contributed by atoms with E-state index >= 15 is 0 Å². The molecule has 0 aromatic carbocycles. The molecule has 0 radical (unpaired) electrons. The van der Waals surface area contributed by atoms with E-state index in [2.05, 4.69) is 20.9 Å². The topological polar surface area (TPSA) is 83.1 Å². The van der Waals surface area contributed by atoms with Crippen molar-refractivity contribution in [1.82, 2.24) is 15.6 Å². The maximum Gasteiger partial charge on any atom is 0.435 e. The van der Waals surface area contributed by atoms with Gasteiger partial charge in [0.1, 0.15) is 6.04 Å². The molecule has 2 aliphatic carbocycles. The van der Waals surface area contributed by atoms with Crippen LogP contribution in [0, 0.1) is 5.92 Å². The summed E-state index contributed by atoms with van der Waals surface area (Å²) in [6.07, 6.45) is 3.28. The third-order valence-electron chi connectivity index (χ3n) is 6.36. The highest BCUT2D eigenvalue weighted by atomic mass is 35.5. The van der Waals surface area contributed by atoms with E-state index in [9.17, 15) is 22.8 Å². The van der Waals surface area contributed by atoms with E-state index in [1.165, 1.54) is 17.4 Å². The van der Waals surface area contributed by atoms with Crippen molar-refractivity contribution in [3.8, 4) is 0 Å². The van der Waals surface area contributed by atoms with Crippen LogP contribution in [-0.4, -0.2) is 28.9 Å². The Morgan fingerprint density at radius 1 is 1.20 bits per heavy atom. The summed E-state index contributed by atoms with van der Waals surface area (Å²) in [7, 11) is 0. The number of alkyl halides is 3. The zero-order valence-corrected chi connectivity index (χ0v) is 20.8. The maximum atomic E-state index is 13.3. The number of nitrogens with one attached hydrogen (secondary N) is 3. The number of carbonyl (C=O) groups excluding carboxylic acids is 2. The van der Waals surface area contributed by atoms with E-state index in [-0.39, 0.29) is 28.6 Å². The molecule has 2 aromatic rings. The van der Waals surface area contributed by atoms with Crippen molar-refractivity contribution in [1.29, 1.82) is 0 Å². The van der Waals surface area contributed by atoms with Crippen LogP contribution >= 0.6 is 22.9 Å². The van der Waals surface area contributed by atoms with Gasteiger partial charge in [-0.25, -0.2) is 4.98 Å². The van der Waals surface area contributed by atoms with Gasteiger partial charge in [0, 0.05) is 17.1 Å². The van der Waals surface area contributed by atoms with E-state index in [0.717, 1.165) is 44.7 Å². The quantitative estimate of drug-likeness (QED) is 0.376. The molecule has 4 rings (SSSR count). The highest BCUT2D eigenvalue weighted by Crippen LogP contribution is 2.37. The zero-order chi connectivity index (χ0) is 25.2. The summed E-state index contributed by atoms with van der Waals surface area (Å²) in [5.41, 5.74) is -1.29. The van der Waals surface area contributed by atoms with Crippen LogP contribution in [0.15, 0.2) is 24.4 Å². The summed E-state index contributed by atoms with van der Waals surface area (Å²) in [5.74, 6) is -0.0852. The van der Waals surface area contributed by atoms with Gasteiger partial charge in [0.2, 0.25) is 5.91 Å². The minimum Gasteiger partial charge on any atom is -0.376 e. The molecule has 0 spiro atoms. The summed E-state index contributed by atoms with van der Waals surface area (Å²) in [4.78, 5) is 30.2. The fraction of sp³-hybridized carbons (Fsp3) is 0.542. The molecule has 0 saturated heterocycles. The molecule has 2 heterocycles. The second-order valence-electron chi connectivity index (χ2n) is 9.31.